The fourth-order valence-electron chi connectivity index (χ4n) is 1.66. The van der Waals surface area contributed by atoms with E-state index in [9.17, 15) is 9.90 Å². The average Bonchev–Trinajstić information content (AvgIpc) is 2.75. The van der Waals surface area contributed by atoms with Crippen LogP contribution in [-0.4, -0.2) is 27.3 Å². The third-order valence-corrected chi connectivity index (χ3v) is 2.58. The lowest BCUT2D eigenvalue weighted by Crippen LogP contribution is -2.25. The summed E-state index contributed by atoms with van der Waals surface area (Å²) in [6, 6.07) is 8.39. The molecular formula is C13H15N3O2. The average molecular weight is 245 g/mol. The number of nitrogens with zero attached hydrogens (tertiary/aromatic N) is 2. The van der Waals surface area contributed by atoms with Gasteiger partial charge in [-0.2, -0.15) is 5.10 Å². The molecular weight excluding hydrogens is 230 g/mol. The van der Waals surface area contributed by atoms with Gasteiger partial charge in [0.2, 0.25) is 0 Å². The van der Waals surface area contributed by atoms with Crippen LogP contribution in [0.5, 0.6) is 5.75 Å². The number of amides is 1. The molecule has 5 nitrogen and oxygen atoms in total. The first-order valence-corrected chi connectivity index (χ1v) is 5.71. The van der Waals surface area contributed by atoms with Crippen molar-refractivity contribution in [3.8, 4) is 5.75 Å². The monoisotopic (exact) mass is 245 g/mol. The van der Waals surface area contributed by atoms with Crippen molar-refractivity contribution in [3.05, 3.63) is 47.8 Å². The van der Waals surface area contributed by atoms with E-state index < -0.39 is 0 Å². The Kier molecular flexibility index (Phi) is 3.62. The van der Waals surface area contributed by atoms with Crippen LogP contribution < -0.4 is 5.32 Å². The van der Waals surface area contributed by atoms with Gasteiger partial charge >= 0.3 is 0 Å². The van der Waals surface area contributed by atoms with Crippen molar-refractivity contribution in [1.82, 2.24) is 15.1 Å². The quantitative estimate of drug-likeness (QED) is 0.847. The summed E-state index contributed by atoms with van der Waals surface area (Å²) < 4.78 is 1.72. The zero-order valence-electron chi connectivity index (χ0n) is 10.1. The Morgan fingerprint density at radius 2 is 2.17 bits per heavy atom. The number of phenolic OH excluding ortho intramolecular Hbond substituents is 1. The molecule has 0 aliphatic carbocycles. The number of aromatic nitrogens is 2. The van der Waals surface area contributed by atoms with Crippen molar-refractivity contribution in [2.24, 2.45) is 7.05 Å². The zero-order chi connectivity index (χ0) is 13.0. The topological polar surface area (TPSA) is 67.2 Å². The molecule has 0 saturated heterocycles. The molecule has 1 aromatic heterocycles. The van der Waals surface area contributed by atoms with E-state index in [1.54, 1.807) is 22.9 Å². The summed E-state index contributed by atoms with van der Waals surface area (Å²) in [5, 5.41) is 16.5. The minimum absolute atomic E-state index is 0.00663. The standard InChI is InChI=1S/C13H15N3O2/c1-16-9-7-10(15-16)6-8-14-13(18)11-4-2-3-5-12(11)17/h2-5,7,9,17H,6,8H2,1H3,(H,14,18). The van der Waals surface area contributed by atoms with Gasteiger partial charge < -0.3 is 10.4 Å². The SMILES string of the molecule is Cn1ccc(CCNC(=O)c2ccccc2O)n1. The summed E-state index contributed by atoms with van der Waals surface area (Å²) in [7, 11) is 1.85. The van der Waals surface area contributed by atoms with E-state index >= 15 is 0 Å². The lowest BCUT2D eigenvalue weighted by atomic mass is 10.2. The fraction of sp³-hybridized carbons (Fsp3) is 0.231. The van der Waals surface area contributed by atoms with Gasteiger partial charge in [0.15, 0.2) is 0 Å². The van der Waals surface area contributed by atoms with E-state index in [2.05, 4.69) is 10.4 Å². The number of para-hydroxylation sites is 1. The number of rotatable bonds is 4. The summed E-state index contributed by atoms with van der Waals surface area (Å²) in [6.45, 7) is 0.490. The number of carbonyl (C=O) groups excluding carboxylic acids is 1. The molecule has 0 aliphatic heterocycles. The Morgan fingerprint density at radius 1 is 1.39 bits per heavy atom. The molecule has 0 unspecified atom stereocenters. The first kappa shape index (κ1) is 12.2. The van der Waals surface area contributed by atoms with Crippen LogP contribution in [0.4, 0.5) is 0 Å². The van der Waals surface area contributed by atoms with Crippen molar-refractivity contribution in [3.63, 3.8) is 0 Å². The molecule has 0 fully saturated rings. The summed E-state index contributed by atoms with van der Waals surface area (Å²) in [5.41, 5.74) is 1.22. The van der Waals surface area contributed by atoms with E-state index in [1.807, 2.05) is 19.3 Å². The maximum atomic E-state index is 11.8. The predicted molar refractivity (Wildman–Crippen MR) is 67.4 cm³/mol. The van der Waals surface area contributed by atoms with Gasteiger partial charge in [-0.3, -0.25) is 9.48 Å². The summed E-state index contributed by atoms with van der Waals surface area (Å²) in [4.78, 5) is 11.8. The number of hydrogen-bond acceptors (Lipinski definition) is 3. The maximum absolute atomic E-state index is 11.8. The third kappa shape index (κ3) is 2.88. The lowest BCUT2D eigenvalue weighted by Gasteiger charge is -2.05. The van der Waals surface area contributed by atoms with Crippen molar-refractivity contribution in [1.29, 1.82) is 0 Å². The largest absolute Gasteiger partial charge is 0.507 e. The highest BCUT2D eigenvalue weighted by molar-refractivity contribution is 5.96. The van der Waals surface area contributed by atoms with Crippen LogP contribution in [0.15, 0.2) is 36.5 Å². The number of aromatic hydroxyl groups is 1. The van der Waals surface area contributed by atoms with Crippen LogP contribution in [0.25, 0.3) is 0 Å². The predicted octanol–water partition coefficient (Wildman–Crippen LogP) is 1.10. The zero-order valence-corrected chi connectivity index (χ0v) is 10.1. The van der Waals surface area contributed by atoms with Gasteiger partial charge in [0.1, 0.15) is 5.75 Å². The smallest absolute Gasteiger partial charge is 0.255 e. The number of nitrogens with one attached hydrogen (secondary N) is 1. The molecule has 2 aromatic rings. The van der Waals surface area contributed by atoms with Gasteiger partial charge in [-0.1, -0.05) is 12.1 Å². The normalized spacial score (nSPS) is 10.3. The van der Waals surface area contributed by atoms with Crippen molar-refractivity contribution >= 4 is 5.91 Å². The molecule has 1 aromatic carbocycles. The first-order chi connectivity index (χ1) is 8.66. The Hall–Kier alpha value is -2.30. The van der Waals surface area contributed by atoms with E-state index in [-0.39, 0.29) is 11.7 Å². The highest BCUT2D eigenvalue weighted by Crippen LogP contribution is 2.14. The van der Waals surface area contributed by atoms with Crippen molar-refractivity contribution in [2.45, 2.75) is 6.42 Å². The minimum atomic E-state index is -0.274. The molecule has 0 saturated carbocycles. The highest BCUT2D eigenvalue weighted by Gasteiger charge is 2.09. The molecule has 0 aliphatic rings. The van der Waals surface area contributed by atoms with Gasteiger partial charge in [-0.05, 0) is 18.2 Å². The Morgan fingerprint density at radius 3 is 2.83 bits per heavy atom. The number of phenols is 1. The van der Waals surface area contributed by atoms with Crippen LogP contribution in [0, 0.1) is 0 Å². The molecule has 0 spiro atoms. The summed E-state index contributed by atoms with van der Waals surface area (Å²) in [6.07, 6.45) is 2.53. The van der Waals surface area contributed by atoms with Crippen LogP contribution in [0.1, 0.15) is 16.1 Å². The first-order valence-electron chi connectivity index (χ1n) is 5.71. The van der Waals surface area contributed by atoms with Gasteiger partial charge in [0, 0.05) is 26.2 Å². The molecule has 2 N–H and O–H groups in total. The Bertz CT molecular complexity index is 549. The van der Waals surface area contributed by atoms with E-state index in [0.717, 1.165) is 5.69 Å². The molecule has 94 valence electrons. The summed E-state index contributed by atoms with van der Waals surface area (Å²) >= 11 is 0. The molecule has 1 amide bonds. The number of carbonyl (C=O) groups is 1. The Balaban J connectivity index is 1.87. The van der Waals surface area contributed by atoms with E-state index in [1.165, 1.54) is 6.07 Å². The van der Waals surface area contributed by atoms with Gasteiger partial charge in [-0.15, -0.1) is 0 Å². The molecule has 0 atom stereocenters. The van der Waals surface area contributed by atoms with Crippen LogP contribution >= 0.6 is 0 Å². The van der Waals surface area contributed by atoms with Crippen molar-refractivity contribution < 1.29 is 9.90 Å². The highest BCUT2D eigenvalue weighted by atomic mass is 16.3. The van der Waals surface area contributed by atoms with Gasteiger partial charge in [0.25, 0.3) is 5.91 Å². The van der Waals surface area contributed by atoms with E-state index in [4.69, 9.17) is 0 Å². The molecule has 5 heteroatoms. The number of aryl methyl sites for hydroxylation is 1. The van der Waals surface area contributed by atoms with Gasteiger partial charge in [0.05, 0.1) is 11.3 Å². The maximum Gasteiger partial charge on any atom is 0.255 e. The van der Waals surface area contributed by atoms with Gasteiger partial charge in [-0.25, -0.2) is 0 Å². The molecule has 18 heavy (non-hydrogen) atoms. The molecule has 0 radical (unpaired) electrons. The minimum Gasteiger partial charge on any atom is -0.507 e. The number of benzene rings is 1. The second-order valence-electron chi connectivity index (χ2n) is 4.00. The fourth-order valence-corrected chi connectivity index (χ4v) is 1.66. The lowest BCUT2D eigenvalue weighted by molar-refractivity contribution is 0.0951. The number of hydrogen-bond donors (Lipinski definition) is 2. The molecule has 2 rings (SSSR count). The summed E-state index contributed by atoms with van der Waals surface area (Å²) in [5.74, 6) is -0.281. The second kappa shape index (κ2) is 5.35. The third-order valence-electron chi connectivity index (χ3n) is 2.58. The van der Waals surface area contributed by atoms with Crippen LogP contribution in [0.2, 0.25) is 0 Å². The van der Waals surface area contributed by atoms with Crippen LogP contribution in [-0.2, 0) is 13.5 Å². The van der Waals surface area contributed by atoms with E-state index in [0.29, 0.717) is 18.5 Å². The molecule has 1 heterocycles. The van der Waals surface area contributed by atoms with Crippen LogP contribution in [0.3, 0.4) is 0 Å². The second-order valence-corrected chi connectivity index (χ2v) is 4.00. The van der Waals surface area contributed by atoms with Crippen molar-refractivity contribution in [2.75, 3.05) is 6.54 Å². The molecule has 0 bridgehead atoms. The Labute approximate surface area is 105 Å².